The van der Waals surface area contributed by atoms with Gasteiger partial charge in [-0.25, -0.2) is 4.98 Å². The molecule has 3 aromatic rings. The molecular formula is C19H17N3O2. The zero-order valence-corrected chi connectivity index (χ0v) is 13.3. The second-order valence-corrected chi connectivity index (χ2v) is 5.78. The molecule has 4 rings (SSSR count). The molecule has 0 unspecified atom stereocenters. The van der Waals surface area contributed by atoms with Gasteiger partial charge in [0.1, 0.15) is 17.2 Å². The van der Waals surface area contributed by atoms with Crippen LogP contribution in [0.1, 0.15) is 23.3 Å². The van der Waals surface area contributed by atoms with Crippen LogP contribution < -0.4 is 10.5 Å². The molecule has 2 aromatic heterocycles. The third-order valence-corrected chi connectivity index (χ3v) is 3.98. The number of nitrogens with two attached hydrogens (primary N) is 1. The average molecular weight is 319 g/mol. The number of anilines is 1. The highest BCUT2D eigenvalue weighted by Gasteiger charge is 2.15. The van der Waals surface area contributed by atoms with Gasteiger partial charge in [0, 0.05) is 29.9 Å². The summed E-state index contributed by atoms with van der Waals surface area (Å²) in [5.41, 5.74) is 9.23. The highest BCUT2D eigenvalue weighted by Crippen LogP contribution is 2.30. The first-order chi connectivity index (χ1) is 11.7. The fraction of sp³-hybridized carbons (Fsp3) is 0.158. The number of allylic oxidation sites excluding steroid dienone is 1. The van der Waals surface area contributed by atoms with E-state index in [4.69, 9.17) is 14.9 Å². The van der Waals surface area contributed by atoms with Crippen LogP contribution in [0.2, 0.25) is 0 Å². The zero-order valence-electron chi connectivity index (χ0n) is 13.3. The maximum atomic E-state index is 5.92. The largest absolute Gasteiger partial charge is 0.459 e. The Bertz CT molecular complexity index is 928. The molecule has 2 heterocycles. The van der Waals surface area contributed by atoms with Crippen molar-refractivity contribution < 1.29 is 9.15 Å². The summed E-state index contributed by atoms with van der Waals surface area (Å²) in [4.78, 5) is 8.64. The summed E-state index contributed by atoms with van der Waals surface area (Å²) in [6.07, 6.45) is 7.82. The second kappa shape index (κ2) is 5.85. The lowest BCUT2D eigenvalue weighted by molar-refractivity contribution is 0.438. The number of aromatic nitrogens is 2. The first kappa shape index (κ1) is 14.5. The summed E-state index contributed by atoms with van der Waals surface area (Å²) in [7, 11) is 0. The number of ether oxygens (including phenoxy) is 1. The topological polar surface area (TPSA) is 74.2 Å². The molecular weight excluding hydrogens is 302 g/mol. The predicted molar refractivity (Wildman–Crippen MR) is 92.8 cm³/mol. The van der Waals surface area contributed by atoms with E-state index < -0.39 is 0 Å². The first-order valence-corrected chi connectivity index (χ1v) is 7.86. The molecule has 120 valence electrons. The van der Waals surface area contributed by atoms with Crippen molar-refractivity contribution in [2.75, 3.05) is 5.73 Å². The van der Waals surface area contributed by atoms with Crippen molar-refractivity contribution in [1.29, 1.82) is 0 Å². The normalized spacial score (nSPS) is 12.9. The van der Waals surface area contributed by atoms with E-state index in [-0.39, 0.29) is 6.01 Å². The van der Waals surface area contributed by atoms with Crippen LogP contribution >= 0.6 is 0 Å². The molecule has 24 heavy (non-hydrogen) atoms. The lowest BCUT2D eigenvalue weighted by atomic mass is 10.1. The Labute approximate surface area is 139 Å². The summed E-state index contributed by atoms with van der Waals surface area (Å²) in [6.45, 7) is 1.95. The molecule has 0 saturated heterocycles. The van der Waals surface area contributed by atoms with E-state index in [1.807, 2.05) is 31.2 Å². The predicted octanol–water partition coefficient (Wildman–Crippen LogP) is 4.38. The number of nitrogen functional groups attached to an aromatic ring is 1. The van der Waals surface area contributed by atoms with Gasteiger partial charge in [-0.1, -0.05) is 18.2 Å². The molecule has 1 aliphatic carbocycles. The molecule has 0 spiro atoms. The summed E-state index contributed by atoms with van der Waals surface area (Å²) < 4.78 is 11.7. The molecule has 2 N–H and O–H groups in total. The van der Waals surface area contributed by atoms with Gasteiger partial charge in [0.2, 0.25) is 0 Å². The van der Waals surface area contributed by atoms with E-state index in [2.05, 4.69) is 22.1 Å². The fourth-order valence-electron chi connectivity index (χ4n) is 2.68. The van der Waals surface area contributed by atoms with Gasteiger partial charge < -0.3 is 14.9 Å². The lowest BCUT2D eigenvalue weighted by Gasteiger charge is -2.08. The minimum Gasteiger partial charge on any atom is -0.459 e. The van der Waals surface area contributed by atoms with E-state index >= 15 is 0 Å². The summed E-state index contributed by atoms with van der Waals surface area (Å²) in [6, 6.07) is 9.59. The second-order valence-electron chi connectivity index (χ2n) is 5.78. The van der Waals surface area contributed by atoms with Crippen molar-refractivity contribution in [3.8, 4) is 23.2 Å². The Balaban J connectivity index is 1.65. The molecule has 0 amide bonds. The average Bonchev–Trinajstić information content (AvgIpc) is 3.03. The van der Waals surface area contributed by atoms with E-state index in [1.54, 1.807) is 12.3 Å². The Morgan fingerprint density at radius 1 is 1.21 bits per heavy atom. The van der Waals surface area contributed by atoms with Crippen LogP contribution in [0.3, 0.4) is 0 Å². The molecule has 0 radical (unpaired) electrons. The SMILES string of the molecule is Cc1ccc(N)cc1Oc1nccc(-c2cc3c(o2)CCC=C3)n1. The van der Waals surface area contributed by atoms with E-state index in [0.717, 1.165) is 35.5 Å². The Morgan fingerprint density at radius 2 is 2.12 bits per heavy atom. The molecule has 0 fully saturated rings. The lowest BCUT2D eigenvalue weighted by Crippen LogP contribution is -1.95. The van der Waals surface area contributed by atoms with Gasteiger partial charge in [-0.15, -0.1) is 0 Å². The van der Waals surface area contributed by atoms with Gasteiger partial charge in [-0.3, -0.25) is 0 Å². The van der Waals surface area contributed by atoms with Crippen molar-refractivity contribution in [3.05, 3.63) is 59.5 Å². The number of benzene rings is 1. The summed E-state index contributed by atoms with van der Waals surface area (Å²) in [5.74, 6) is 2.37. The highest BCUT2D eigenvalue weighted by atomic mass is 16.5. The third-order valence-electron chi connectivity index (χ3n) is 3.98. The monoisotopic (exact) mass is 319 g/mol. The maximum absolute atomic E-state index is 5.92. The van der Waals surface area contributed by atoms with Crippen LogP contribution in [0.4, 0.5) is 5.69 Å². The van der Waals surface area contributed by atoms with Crippen LogP contribution in [0.25, 0.3) is 17.5 Å². The van der Waals surface area contributed by atoms with Gasteiger partial charge >= 0.3 is 6.01 Å². The molecule has 0 bridgehead atoms. The fourth-order valence-corrected chi connectivity index (χ4v) is 2.68. The zero-order chi connectivity index (χ0) is 16.5. The van der Waals surface area contributed by atoms with E-state index in [1.165, 1.54) is 0 Å². The molecule has 5 heteroatoms. The van der Waals surface area contributed by atoms with Gasteiger partial charge in [-0.05, 0) is 37.1 Å². The van der Waals surface area contributed by atoms with Crippen molar-refractivity contribution in [2.45, 2.75) is 19.8 Å². The van der Waals surface area contributed by atoms with E-state index in [0.29, 0.717) is 17.1 Å². The van der Waals surface area contributed by atoms with Crippen molar-refractivity contribution in [2.24, 2.45) is 0 Å². The van der Waals surface area contributed by atoms with Crippen LogP contribution in [-0.4, -0.2) is 9.97 Å². The number of nitrogens with zero attached hydrogens (tertiary/aromatic N) is 2. The van der Waals surface area contributed by atoms with Crippen molar-refractivity contribution in [1.82, 2.24) is 9.97 Å². The molecule has 1 aliphatic rings. The molecule has 0 saturated carbocycles. The first-order valence-electron chi connectivity index (χ1n) is 7.86. The molecule has 0 atom stereocenters. The minimum atomic E-state index is 0.270. The third kappa shape index (κ3) is 2.76. The van der Waals surface area contributed by atoms with Crippen LogP contribution in [0, 0.1) is 6.92 Å². The van der Waals surface area contributed by atoms with Gasteiger partial charge in [-0.2, -0.15) is 4.98 Å². The Morgan fingerprint density at radius 3 is 3.00 bits per heavy atom. The van der Waals surface area contributed by atoms with Gasteiger partial charge in [0.05, 0.1) is 0 Å². The van der Waals surface area contributed by atoms with Gasteiger partial charge in [0.15, 0.2) is 5.76 Å². The number of fused-ring (bicyclic) bond motifs is 1. The van der Waals surface area contributed by atoms with Crippen molar-refractivity contribution >= 4 is 11.8 Å². The van der Waals surface area contributed by atoms with Crippen LogP contribution in [0.5, 0.6) is 11.8 Å². The summed E-state index contributed by atoms with van der Waals surface area (Å²) in [5, 5.41) is 0. The standard InChI is InChI=1S/C19H17N3O2/c1-12-6-7-14(20)11-17(12)24-19-21-9-8-15(22-19)18-10-13-4-2-3-5-16(13)23-18/h2,4,6-11H,3,5,20H2,1H3. The highest BCUT2D eigenvalue weighted by molar-refractivity contribution is 5.63. The summed E-state index contributed by atoms with van der Waals surface area (Å²) >= 11 is 0. The van der Waals surface area contributed by atoms with Crippen molar-refractivity contribution in [3.63, 3.8) is 0 Å². The maximum Gasteiger partial charge on any atom is 0.322 e. The number of hydrogen-bond donors (Lipinski definition) is 1. The van der Waals surface area contributed by atoms with E-state index in [9.17, 15) is 0 Å². The minimum absolute atomic E-state index is 0.270. The Hall–Kier alpha value is -3.08. The molecule has 0 aliphatic heterocycles. The van der Waals surface area contributed by atoms with Gasteiger partial charge in [0.25, 0.3) is 0 Å². The number of furan rings is 1. The van der Waals surface area contributed by atoms with Crippen LogP contribution in [-0.2, 0) is 6.42 Å². The van der Waals surface area contributed by atoms with Crippen LogP contribution in [0.15, 0.2) is 47.0 Å². The number of rotatable bonds is 3. The molecule has 1 aromatic carbocycles. The smallest absolute Gasteiger partial charge is 0.322 e. The Kier molecular flexibility index (Phi) is 3.54. The number of aryl methyl sites for hydroxylation is 2. The number of hydrogen-bond acceptors (Lipinski definition) is 5. The quantitative estimate of drug-likeness (QED) is 0.725. The molecule has 5 nitrogen and oxygen atoms in total.